The maximum absolute atomic E-state index is 14.0. The predicted molar refractivity (Wildman–Crippen MR) is 180 cm³/mol. The lowest BCUT2D eigenvalue weighted by molar-refractivity contribution is -0.151. The van der Waals surface area contributed by atoms with Crippen LogP contribution in [0, 0.1) is 5.92 Å². The van der Waals surface area contributed by atoms with E-state index in [9.17, 15) is 24.6 Å². The van der Waals surface area contributed by atoms with Crippen LogP contribution in [0.15, 0.2) is 109 Å². The number of ether oxygens (including phenoxy) is 1. The van der Waals surface area contributed by atoms with Crippen molar-refractivity contribution in [1.82, 2.24) is 4.90 Å². The third-order valence-electron chi connectivity index (χ3n) is 8.47. The van der Waals surface area contributed by atoms with Crippen LogP contribution in [-0.2, 0) is 20.9 Å². The van der Waals surface area contributed by atoms with Crippen molar-refractivity contribution in [1.29, 1.82) is 0 Å². The third kappa shape index (κ3) is 8.23. The molecule has 5 rings (SSSR count). The van der Waals surface area contributed by atoms with E-state index in [1.807, 2.05) is 116 Å². The summed E-state index contributed by atoms with van der Waals surface area (Å²) in [5, 5.41) is 23.9. The number of carboxylic acids is 2. The standard InChI is InChI=1S/C38H36ClNO6/c1-25(35(29-12-15-33(39)16-13-29)18-19-46-34-17-14-28-7-3-5-9-31(28)21-34)40(36(41)22-32(38(44)45)23-37(42)43)24-26-10-11-27-6-2-4-8-30(27)20-26/h2-17,20-21,25,32,35H,18-19,22-24H2,1H3,(H,42,43)(H,44,45). The largest absolute Gasteiger partial charge is 0.494 e. The van der Waals surface area contributed by atoms with Gasteiger partial charge in [-0.2, -0.15) is 0 Å². The fourth-order valence-electron chi connectivity index (χ4n) is 5.95. The predicted octanol–water partition coefficient (Wildman–Crippen LogP) is 8.18. The minimum Gasteiger partial charge on any atom is -0.494 e. The molecule has 0 fully saturated rings. The molecule has 7 nitrogen and oxygen atoms in total. The Morgan fingerprint density at radius 3 is 2.00 bits per heavy atom. The zero-order valence-electron chi connectivity index (χ0n) is 25.5. The first-order chi connectivity index (χ1) is 22.2. The first kappa shape index (κ1) is 32.5. The van der Waals surface area contributed by atoms with E-state index < -0.39 is 42.6 Å². The van der Waals surface area contributed by atoms with Crippen molar-refractivity contribution in [2.45, 2.75) is 44.7 Å². The maximum Gasteiger partial charge on any atom is 0.307 e. The Kier molecular flexibility index (Phi) is 10.6. The van der Waals surface area contributed by atoms with Crippen molar-refractivity contribution in [3.8, 4) is 5.75 Å². The van der Waals surface area contributed by atoms with Crippen LogP contribution >= 0.6 is 11.6 Å². The molecule has 3 unspecified atom stereocenters. The fraction of sp³-hybridized carbons (Fsp3) is 0.237. The van der Waals surface area contributed by atoms with Crippen LogP contribution in [0.4, 0.5) is 0 Å². The van der Waals surface area contributed by atoms with E-state index in [0.717, 1.165) is 38.4 Å². The molecule has 0 bridgehead atoms. The molecule has 0 saturated heterocycles. The lowest BCUT2D eigenvalue weighted by atomic mass is 9.87. The second-order valence-electron chi connectivity index (χ2n) is 11.6. The van der Waals surface area contributed by atoms with E-state index in [-0.39, 0.29) is 12.5 Å². The van der Waals surface area contributed by atoms with Crippen molar-refractivity contribution >= 4 is 51.0 Å². The molecule has 236 valence electrons. The molecular weight excluding hydrogens is 602 g/mol. The summed E-state index contributed by atoms with van der Waals surface area (Å²) in [5.74, 6) is -3.82. The van der Waals surface area contributed by atoms with Crippen LogP contribution in [0.25, 0.3) is 21.5 Å². The highest BCUT2D eigenvalue weighted by Gasteiger charge is 2.32. The number of nitrogens with zero attached hydrogens (tertiary/aromatic N) is 1. The molecule has 0 spiro atoms. The Balaban J connectivity index is 1.44. The molecule has 5 aromatic rings. The van der Waals surface area contributed by atoms with Crippen LogP contribution < -0.4 is 4.74 Å². The summed E-state index contributed by atoms with van der Waals surface area (Å²) in [5.41, 5.74) is 1.84. The Morgan fingerprint density at radius 2 is 1.37 bits per heavy atom. The highest BCUT2D eigenvalue weighted by molar-refractivity contribution is 6.30. The fourth-order valence-corrected chi connectivity index (χ4v) is 6.08. The van der Waals surface area contributed by atoms with E-state index in [4.69, 9.17) is 16.3 Å². The number of amides is 1. The van der Waals surface area contributed by atoms with Gasteiger partial charge in [0.15, 0.2) is 0 Å². The number of benzene rings is 5. The van der Waals surface area contributed by atoms with Gasteiger partial charge in [0.2, 0.25) is 5.91 Å². The lowest BCUT2D eigenvalue weighted by Gasteiger charge is -2.36. The van der Waals surface area contributed by atoms with Gasteiger partial charge < -0.3 is 19.8 Å². The smallest absolute Gasteiger partial charge is 0.307 e. The van der Waals surface area contributed by atoms with Gasteiger partial charge in [0, 0.05) is 29.9 Å². The van der Waals surface area contributed by atoms with Crippen LogP contribution in [0.1, 0.15) is 43.2 Å². The molecule has 2 N–H and O–H groups in total. The number of rotatable bonds is 14. The van der Waals surface area contributed by atoms with Gasteiger partial charge in [-0.25, -0.2) is 0 Å². The molecule has 0 aromatic heterocycles. The molecule has 0 radical (unpaired) electrons. The SMILES string of the molecule is CC(C(CCOc1ccc2ccccc2c1)c1ccc(Cl)cc1)N(Cc1ccc2ccccc2c1)C(=O)CC(CC(=O)O)C(=O)O. The number of fused-ring (bicyclic) bond motifs is 2. The summed E-state index contributed by atoms with van der Waals surface area (Å²) < 4.78 is 6.21. The van der Waals surface area contributed by atoms with Gasteiger partial charge in [-0.15, -0.1) is 0 Å². The average molecular weight is 638 g/mol. The van der Waals surface area contributed by atoms with E-state index >= 15 is 0 Å². The summed E-state index contributed by atoms with van der Waals surface area (Å²) in [6, 6.07) is 35.0. The van der Waals surface area contributed by atoms with E-state index in [2.05, 4.69) is 0 Å². The molecule has 0 aliphatic rings. The molecule has 0 heterocycles. The van der Waals surface area contributed by atoms with E-state index in [1.165, 1.54) is 0 Å². The minimum atomic E-state index is -1.35. The van der Waals surface area contributed by atoms with E-state index in [0.29, 0.717) is 18.1 Å². The highest BCUT2D eigenvalue weighted by Crippen LogP contribution is 2.32. The highest BCUT2D eigenvalue weighted by atomic mass is 35.5. The minimum absolute atomic E-state index is 0.204. The molecule has 0 aliphatic heterocycles. The monoisotopic (exact) mass is 637 g/mol. The van der Waals surface area contributed by atoms with Crippen LogP contribution in [-0.4, -0.2) is 45.6 Å². The van der Waals surface area contributed by atoms with Crippen molar-refractivity contribution in [3.63, 3.8) is 0 Å². The molecule has 46 heavy (non-hydrogen) atoms. The zero-order valence-corrected chi connectivity index (χ0v) is 26.3. The molecule has 0 saturated carbocycles. The summed E-state index contributed by atoms with van der Waals surface area (Å²) in [4.78, 5) is 39.0. The summed E-state index contributed by atoms with van der Waals surface area (Å²) in [6.07, 6.45) is -0.519. The van der Waals surface area contributed by atoms with E-state index in [1.54, 1.807) is 4.90 Å². The zero-order chi connectivity index (χ0) is 32.6. The van der Waals surface area contributed by atoms with Gasteiger partial charge in [-0.1, -0.05) is 90.5 Å². The number of hydrogen-bond acceptors (Lipinski definition) is 4. The van der Waals surface area contributed by atoms with Crippen molar-refractivity contribution in [2.75, 3.05) is 6.61 Å². The first-order valence-corrected chi connectivity index (χ1v) is 15.6. The van der Waals surface area contributed by atoms with Gasteiger partial charge in [0.1, 0.15) is 5.75 Å². The number of hydrogen-bond donors (Lipinski definition) is 2. The quantitative estimate of drug-likeness (QED) is 0.127. The Bertz CT molecular complexity index is 1840. The molecular formula is C38H36ClNO6. The molecule has 5 aromatic carbocycles. The summed E-state index contributed by atoms with van der Waals surface area (Å²) >= 11 is 6.23. The third-order valence-corrected chi connectivity index (χ3v) is 8.72. The normalized spacial score (nSPS) is 13.2. The van der Waals surface area contributed by atoms with Crippen LogP contribution in [0.3, 0.4) is 0 Å². The Hall–Kier alpha value is -4.88. The summed E-state index contributed by atoms with van der Waals surface area (Å²) in [7, 11) is 0. The van der Waals surface area contributed by atoms with Crippen LogP contribution in [0.2, 0.25) is 5.02 Å². The number of aliphatic carboxylic acids is 2. The van der Waals surface area contributed by atoms with Gasteiger partial charge in [-0.3, -0.25) is 14.4 Å². The van der Waals surface area contributed by atoms with Crippen LogP contribution in [0.5, 0.6) is 5.75 Å². The van der Waals surface area contributed by atoms with Crippen molar-refractivity contribution in [3.05, 3.63) is 125 Å². The van der Waals surface area contributed by atoms with Crippen molar-refractivity contribution in [2.24, 2.45) is 5.92 Å². The van der Waals surface area contributed by atoms with Gasteiger partial charge >= 0.3 is 11.9 Å². The topological polar surface area (TPSA) is 104 Å². The second-order valence-corrected chi connectivity index (χ2v) is 12.0. The second kappa shape index (κ2) is 14.9. The Morgan fingerprint density at radius 1 is 0.761 bits per heavy atom. The molecule has 1 amide bonds. The number of carboxylic acid groups (broad SMARTS) is 2. The molecule has 8 heteroatoms. The maximum atomic E-state index is 14.0. The van der Waals surface area contributed by atoms with Crippen molar-refractivity contribution < 1.29 is 29.3 Å². The first-order valence-electron chi connectivity index (χ1n) is 15.3. The number of carbonyl (C=O) groups excluding carboxylic acids is 1. The number of halogens is 1. The Labute approximate surface area is 273 Å². The lowest BCUT2D eigenvalue weighted by Crippen LogP contribution is -2.43. The van der Waals surface area contributed by atoms with Gasteiger partial charge in [0.25, 0.3) is 0 Å². The number of carbonyl (C=O) groups is 3. The molecule has 3 atom stereocenters. The summed E-state index contributed by atoms with van der Waals surface area (Å²) in [6.45, 7) is 2.53. The molecule has 0 aliphatic carbocycles. The average Bonchev–Trinajstić information content (AvgIpc) is 3.05. The van der Waals surface area contributed by atoms with Gasteiger partial charge in [-0.05, 0) is 76.3 Å². The van der Waals surface area contributed by atoms with Gasteiger partial charge in [0.05, 0.1) is 18.9 Å².